The van der Waals surface area contributed by atoms with E-state index >= 15 is 0 Å². The molecule has 7 nitrogen and oxygen atoms in total. The van der Waals surface area contributed by atoms with Crippen molar-refractivity contribution in [1.82, 2.24) is 15.2 Å². The molecular formula is C21H27N3O4S. The number of nitrogens with one attached hydrogen (secondary N) is 2. The molecule has 2 aliphatic rings. The lowest BCUT2D eigenvalue weighted by atomic mass is 10.1. The number of hydrogen-bond acceptors (Lipinski definition) is 5. The first-order valence-electron chi connectivity index (χ1n) is 10.1. The van der Waals surface area contributed by atoms with Crippen LogP contribution >= 0.6 is 12.2 Å². The summed E-state index contributed by atoms with van der Waals surface area (Å²) in [5, 5.41) is 4.88. The lowest BCUT2D eigenvalue weighted by molar-refractivity contribution is 0.0896. The van der Waals surface area contributed by atoms with E-state index in [4.69, 9.17) is 26.4 Å². The summed E-state index contributed by atoms with van der Waals surface area (Å²) in [7, 11) is 0. The van der Waals surface area contributed by atoms with E-state index < -0.39 is 0 Å². The van der Waals surface area contributed by atoms with Gasteiger partial charge in [0.05, 0.1) is 18.2 Å². The Hall–Kier alpha value is -2.32. The Kier molecular flexibility index (Phi) is 5.91. The Morgan fingerprint density at radius 1 is 1.31 bits per heavy atom. The van der Waals surface area contributed by atoms with Crippen LogP contribution in [0.15, 0.2) is 23.0 Å². The number of rotatable bonds is 6. The van der Waals surface area contributed by atoms with Crippen molar-refractivity contribution in [1.29, 1.82) is 0 Å². The fraction of sp³-hybridized carbons (Fsp3) is 0.524. The SMILES string of the molecule is CC(C)CNC(=S)N(Cc1cc2cc3c(cc2[nH]c1=O)OCO3)C[C@@H]1CCCO1. The average Bonchev–Trinajstić information content (AvgIpc) is 3.35. The first-order valence-corrected chi connectivity index (χ1v) is 10.5. The van der Waals surface area contributed by atoms with Gasteiger partial charge in [0.1, 0.15) is 0 Å². The molecule has 0 unspecified atom stereocenters. The van der Waals surface area contributed by atoms with Crippen molar-refractivity contribution >= 4 is 28.2 Å². The van der Waals surface area contributed by atoms with Crippen LogP contribution in [-0.2, 0) is 11.3 Å². The molecule has 29 heavy (non-hydrogen) atoms. The van der Waals surface area contributed by atoms with Crippen LogP contribution in [0, 0.1) is 5.92 Å². The summed E-state index contributed by atoms with van der Waals surface area (Å²) in [5.74, 6) is 1.83. The van der Waals surface area contributed by atoms with Gasteiger partial charge in [-0.25, -0.2) is 0 Å². The molecule has 1 aromatic heterocycles. The number of pyridine rings is 1. The van der Waals surface area contributed by atoms with Crippen molar-refractivity contribution in [3.05, 3.63) is 34.1 Å². The Bertz CT molecular complexity index is 953. The van der Waals surface area contributed by atoms with Gasteiger partial charge in [0.15, 0.2) is 16.6 Å². The third-order valence-electron chi connectivity index (χ3n) is 5.17. The Morgan fingerprint density at radius 3 is 2.83 bits per heavy atom. The number of H-pyrrole nitrogens is 1. The van der Waals surface area contributed by atoms with Crippen LogP contribution in [0.4, 0.5) is 0 Å². The van der Waals surface area contributed by atoms with Crippen molar-refractivity contribution < 1.29 is 14.2 Å². The topological polar surface area (TPSA) is 75.8 Å². The third kappa shape index (κ3) is 4.64. The second kappa shape index (κ2) is 8.59. The van der Waals surface area contributed by atoms with Gasteiger partial charge in [0, 0.05) is 36.7 Å². The summed E-state index contributed by atoms with van der Waals surface area (Å²) >= 11 is 5.64. The van der Waals surface area contributed by atoms with E-state index in [1.165, 1.54) is 0 Å². The maximum atomic E-state index is 12.7. The van der Waals surface area contributed by atoms with E-state index in [-0.39, 0.29) is 18.5 Å². The number of benzene rings is 1. The molecule has 2 N–H and O–H groups in total. The van der Waals surface area contributed by atoms with Crippen LogP contribution < -0.4 is 20.3 Å². The summed E-state index contributed by atoms with van der Waals surface area (Å²) in [6.45, 7) is 7.14. The van der Waals surface area contributed by atoms with Crippen molar-refractivity contribution in [3.8, 4) is 11.5 Å². The normalized spacial score (nSPS) is 17.8. The van der Waals surface area contributed by atoms with E-state index in [0.717, 1.165) is 36.9 Å². The van der Waals surface area contributed by atoms with E-state index in [9.17, 15) is 4.79 Å². The number of aromatic nitrogens is 1. The zero-order valence-electron chi connectivity index (χ0n) is 16.8. The van der Waals surface area contributed by atoms with Gasteiger partial charge in [-0.05, 0) is 43.1 Å². The maximum absolute atomic E-state index is 12.7. The molecule has 1 fully saturated rings. The molecule has 8 heteroatoms. The van der Waals surface area contributed by atoms with Crippen molar-refractivity contribution in [2.75, 3.05) is 26.5 Å². The van der Waals surface area contributed by atoms with Crippen LogP contribution in [-0.4, -0.2) is 47.6 Å². The second-order valence-corrected chi connectivity index (χ2v) is 8.40. The highest BCUT2D eigenvalue weighted by atomic mass is 32.1. The molecule has 156 valence electrons. The smallest absolute Gasteiger partial charge is 0.253 e. The van der Waals surface area contributed by atoms with Gasteiger partial charge in [0.2, 0.25) is 6.79 Å². The van der Waals surface area contributed by atoms with Gasteiger partial charge in [-0.2, -0.15) is 0 Å². The van der Waals surface area contributed by atoms with Gasteiger partial charge in [0.25, 0.3) is 5.56 Å². The van der Waals surface area contributed by atoms with Crippen LogP contribution in [0.3, 0.4) is 0 Å². The van der Waals surface area contributed by atoms with E-state index in [0.29, 0.717) is 41.2 Å². The van der Waals surface area contributed by atoms with Gasteiger partial charge < -0.3 is 29.4 Å². The van der Waals surface area contributed by atoms with Gasteiger partial charge in [-0.1, -0.05) is 13.8 Å². The summed E-state index contributed by atoms with van der Waals surface area (Å²) in [6, 6.07) is 5.61. The highest BCUT2D eigenvalue weighted by Crippen LogP contribution is 2.35. The minimum Gasteiger partial charge on any atom is -0.454 e. The van der Waals surface area contributed by atoms with E-state index in [2.05, 4.69) is 24.1 Å². The molecule has 0 amide bonds. The molecule has 2 aliphatic heterocycles. The molecule has 1 atom stereocenters. The molecule has 0 radical (unpaired) electrons. The third-order valence-corrected chi connectivity index (χ3v) is 5.57. The lowest BCUT2D eigenvalue weighted by Gasteiger charge is -2.28. The molecular weight excluding hydrogens is 390 g/mol. The number of ether oxygens (including phenoxy) is 3. The minimum absolute atomic E-state index is 0.125. The monoisotopic (exact) mass is 417 g/mol. The number of aromatic amines is 1. The fourth-order valence-electron chi connectivity index (χ4n) is 3.62. The second-order valence-electron chi connectivity index (χ2n) is 8.01. The fourth-order valence-corrected chi connectivity index (χ4v) is 3.84. The Balaban J connectivity index is 1.58. The quantitative estimate of drug-likeness (QED) is 0.700. The molecule has 0 saturated carbocycles. The molecule has 0 aliphatic carbocycles. The zero-order valence-corrected chi connectivity index (χ0v) is 17.6. The van der Waals surface area contributed by atoms with Crippen molar-refractivity contribution in [2.45, 2.75) is 39.3 Å². The molecule has 0 bridgehead atoms. The molecule has 4 rings (SSSR count). The highest BCUT2D eigenvalue weighted by molar-refractivity contribution is 7.80. The zero-order chi connectivity index (χ0) is 20.4. The number of nitrogens with zero attached hydrogens (tertiary/aromatic N) is 1. The summed E-state index contributed by atoms with van der Waals surface area (Å²) < 4.78 is 16.7. The largest absolute Gasteiger partial charge is 0.454 e. The summed E-state index contributed by atoms with van der Waals surface area (Å²) in [6.07, 6.45) is 2.22. The summed E-state index contributed by atoms with van der Waals surface area (Å²) in [4.78, 5) is 17.7. The van der Waals surface area contributed by atoms with Crippen LogP contribution in [0.2, 0.25) is 0 Å². The van der Waals surface area contributed by atoms with Crippen molar-refractivity contribution in [3.63, 3.8) is 0 Å². The predicted molar refractivity (Wildman–Crippen MR) is 116 cm³/mol. The maximum Gasteiger partial charge on any atom is 0.253 e. The van der Waals surface area contributed by atoms with Crippen LogP contribution in [0.5, 0.6) is 11.5 Å². The number of thiocarbonyl (C=S) groups is 1. The van der Waals surface area contributed by atoms with Gasteiger partial charge in [-0.3, -0.25) is 4.79 Å². The Morgan fingerprint density at radius 2 is 2.10 bits per heavy atom. The first-order chi connectivity index (χ1) is 14.0. The number of fused-ring (bicyclic) bond motifs is 2. The van der Waals surface area contributed by atoms with E-state index in [1.54, 1.807) is 0 Å². The first kappa shape index (κ1) is 20.0. The van der Waals surface area contributed by atoms with E-state index in [1.807, 2.05) is 23.1 Å². The number of hydrogen-bond donors (Lipinski definition) is 2. The van der Waals surface area contributed by atoms with Gasteiger partial charge >= 0.3 is 0 Å². The standard InChI is InChI=1S/C21H27N3O4S/c1-13(2)9-22-21(29)24(11-16-4-3-5-26-16)10-15-6-14-7-18-19(28-12-27-18)8-17(14)23-20(15)25/h6-8,13,16H,3-5,9-12H2,1-2H3,(H,22,29)(H,23,25)/t16-/m0/s1. The van der Waals surface area contributed by atoms with Crippen molar-refractivity contribution in [2.24, 2.45) is 5.92 Å². The molecule has 1 saturated heterocycles. The van der Waals surface area contributed by atoms with Crippen LogP contribution in [0.1, 0.15) is 32.3 Å². The molecule has 0 spiro atoms. The minimum atomic E-state index is -0.125. The average molecular weight is 418 g/mol. The van der Waals surface area contributed by atoms with Crippen LogP contribution in [0.25, 0.3) is 10.9 Å². The molecule has 1 aromatic carbocycles. The van der Waals surface area contributed by atoms with Gasteiger partial charge in [-0.15, -0.1) is 0 Å². The molecule has 2 aromatic rings. The Labute approximate surface area is 175 Å². The lowest BCUT2D eigenvalue weighted by Crippen LogP contribution is -2.44. The predicted octanol–water partition coefficient (Wildman–Crippen LogP) is 2.77. The highest BCUT2D eigenvalue weighted by Gasteiger charge is 2.22. The molecule has 3 heterocycles. The summed E-state index contributed by atoms with van der Waals surface area (Å²) in [5.41, 5.74) is 1.26.